The van der Waals surface area contributed by atoms with Gasteiger partial charge in [-0.05, 0) is 19.1 Å². The number of aromatic nitrogens is 3. The monoisotopic (exact) mass is 288 g/mol. The normalized spacial score (nSPS) is 15.4. The highest BCUT2D eigenvalue weighted by atomic mass is 32.2. The number of aryl methyl sites for hydroxylation is 1. The van der Waals surface area contributed by atoms with Gasteiger partial charge >= 0.3 is 0 Å². The molecule has 3 rings (SSSR count). The summed E-state index contributed by atoms with van der Waals surface area (Å²) in [6.45, 7) is 2.85. The molecule has 0 bridgehead atoms. The molecule has 0 aliphatic carbocycles. The van der Waals surface area contributed by atoms with Crippen LogP contribution in [-0.2, 0) is 12.3 Å². The van der Waals surface area contributed by atoms with Gasteiger partial charge in [-0.25, -0.2) is 4.98 Å². The number of imidazole rings is 1. The Bertz CT molecular complexity index is 587. The zero-order valence-electron chi connectivity index (χ0n) is 11.2. The number of nitrogens with zero attached hydrogens (tertiary/aromatic N) is 3. The van der Waals surface area contributed by atoms with E-state index in [9.17, 15) is 4.79 Å². The maximum Gasteiger partial charge on any atom is 0.272 e. The predicted octanol–water partition coefficient (Wildman–Crippen LogP) is 2.02. The van der Waals surface area contributed by atoms with E-state index in [1.54, 1.807) is 6.20 Å². The van der Waals surface area contributed by atoms with Gasteiger partial charge in [0, 0.05) is 24.7 Å². The second kappa shape index (κ2) is 5.66. The van der Waals surface area contributed by atoms with Crippen LogP contribution in [0.4, 0.5) is 0 Å². The molecule has 2 aromatic heterocycles. The lowest BCUT2D eigenvalue weighted by atomic mass is 10.2. The van der Waals surface area contributed by atoms with Crippen LogP contribution in [-0.4, -0.2) is 26.2 Å². The number of fused-ring (bicyclic) bond motifs is 1. The molecule has 1 atom stereocenters. The van der Waals surface area contributed by atoms with Gasteiger partial charge in [-0.3, -0.25) is 9.78 Å². The van der Waals surface area contributed by atoms with E-state index in [0.29, 0.717) is 5.69 Å². The number of hydrogen-bond donors (Lipinski definition) is 1. The van der Waals surface area contributed by atoms with E-state index < -0.39 is 0 Å². The van der Waals surface area contributed by atoms with Crippen molar-refractivity contribution < 1.29 is 4.79 Å². The Morgan fingerprint density at radius 2 is 2.40 bits per heavy atom. The van der Waals surface area contributed by atoms with Crippen molar-refractivity contribution in [2.75, 3.05) is 5.75 Å². The molecule has 2 aromatic rings. The van der Waals surface area contributed by atoms with E-state index >= 15 is 0 Å². The molecular weight excluding hydrogens is 272 g/mol. The number of carbonyl (C=O) groups excluding carboxylic acids is 1. The fraction of sp³-hybridized carbons (Fsp3) is 0.357. The molecule has 0 saturated heterocycles. The maximum absolute atomic E-state index is 12.2. The molecule has 0 radical (unpaired) electrons. The molecule has 0 saturated carbocycles. The number of pyridine rings is 1. The van der Waals surface area contributed by atoms with Gasteiger partial charge in [0.1, 0.15) is 11.5 Å². The molecular formula is C14H16N4OS. The number of hydrogen-bond acceptors (Lipinski definition) is 4. The molecule has 6 heteroatoms. The molecule has 104 valence electrons. The Kier molecular flexibility index (Phi) is 3.73. The summed E-state index contributed by atoms with van der Waals surface area (Å²) >= 11 is 1.85. The molecule has 0 fully saturated rings. The third-order valence-corrected chi connectivity index (χ3v) is 4.21. The van der Waals surface area contributed by atoms with Gasteiger partial charge in [0.15, 0.2) is 0 Å². The molecule has 0 unspecified atom stereocenters. The van der Waals surface area contributed by atoms with Gasteiger partial charge in [0.05, 0.1) is 17.5 Å². The SMILES string of the molecule is C[C@H](NC(=O)c1cn2c(n1)CSCC2)c1ccccn1. The summed E-state index contributed by atoms with van der Waals surface area (Å²) in [4.78, 5) is 20.9. The topological polar surface area (TPSA) is 59.8 Å². The fourth-order valence-corrected chi connectivity index (χ4v) is 3.06. The quantitative estimate of drug-likeness (QED) is 0.938. The molecule has 0 aromatic carbocycles. The largest absolute Gasteiger partial charge is 0.343 e. The zero-order chi connectivity index (χ0) is 13.9. The van der Waals surface area contributed by atoms with Crippen LogP contribution in [0.5, 0.6) is 0 Å². The maximum atomic E-state index is 12.2. The van der Waals surface area contributed by atoms with E-state index in [-0.39, 0.29) is 11.9 Å². The standard InChI is InChI=1S/C14H16N4OS/c1-10(11-4-2-3-5-15-11)16-14(19)12-8-18-6-7-20-9-13(18)17-12/h2-5,8,10H,6-7,9H2,1H3,(H,16,19)/t10-/m0/s1. The minimum absolute atomic E-state index is 0.128. The van der Waals surface area contributed by atoms with Crippen LogP contribution in [0.2, 0.25) is 0 Å². The lowest BCUT2D eigenvalue weighted by Crippen LogP contribution is -2.27. The van der Waals surface area contributed by atoms with Crippen LogP contribution < -0.4 is 5.32 Å². The highest BCUT2D eigenvalue weighted by Crippen LogP contribution is 2.19. The summed E-state index contributed by atoms with van der Waals surface area (Å²) in [7, 11) is 0. The van der Waals surface area contributed by atoms with Crippen LogP contribution >= 0.6 is 11.8 Å². The Labute approximate surface area is 121 Å². The first-order valence-corrected chi connectivity index (χ1v) is 7.75. The van der Waals surface area contributed by atoms with E-state index in [2.05, 4.69) is 19.9 Å². The lowest BCUT2D eigenvalue weighted by Gasteiger charge is -2.12. The van der Waals surface area contributed by atoms with Crippen molar-refractivity contribution in [1.82, 2.24) is 19.9 Å². The van der Waals surface area contributed by atoms with Crippen molar-refractivity contribution in [3.63, 3.8) is 0 Å². The smallest absolute Gasteiger partial charge is 0.272 e. The zero-order valence-corrected chi connectivity index (χ0v) is 12.1. The summed E-state index contributed by atoms with van der Waals surface area (Å²) in [5.41, 5.74) is 1.34. The third-order valence-electron chi connectivity index (χ3n) is 3.28. The fourth-order valence-electron chi connectivity index (χ4n) is 2.18. The Balaban J connectivity index is 1.71. The van der Waals surface area contributed by atoms with Crippen molar-refractivity contribution in [1.29, 1.82) is 0 Å². The third kappa shape index (κ3) is 2.70. The Morgan fingerprint density at radius 3 is 3.15 bits per heavy atom. The molecule has 5 nitrogen and oxygen atoms in total. The highest BCUT2D eigenvalue weighted by Gasteiger charge is 2.18. The van der Waals surface area contributed by atoms with Crippen molar-refractivity contribution in [3.8, 4) is 0 Å². The van der Waals surface area contributed by atoms with Gasteiger partial charge in [-0.15, -0.1) is 0 Å². The number of thioether (sulfide) groups is 1. The number of amides is 1. The highest BCUT2D eigenvalue weighted by molar-refractivity contribution is 7.98. The average Bonchev–Trinajstić information content (AvgIpc) is 2.92. The molecule has 20 heavy (non-hydrogen) atoms. The van der Waals surface area contributed by atoms with Gasteiger partial charge < -0.3 is 9.88 Å². The number of nitrogens with one attached hydrogen (secondary N) is 1. The minimum Gasteiger partial charge on any atom is -0.343 e. The van der Waals surface area contributed by atoms with E-state index in [1.807, 2.05) is 43.1 Å². The summed E-state index contributed by atoms with van der Waals surface area (Å²) in [6.07, 6.45) is 3.57. The van der Waals surface area contributed by atoms with Crippen LogP contribution in [0.1, 0.15) is 35.0 Å². The summed E-state index contributed by atoms with van der Waals surface area (Å²) < 4.78 is 2.07. The van der Waals surface area contributed by atoms with Gasteiger partial charge in [0.2, 0.25) is 0 Å². The summed E-state index contributed by atoms with van der Waals surface area (Å²) in [5.74, 6) is 2.80. The number of rotatable bonds is 3. The molecule has 1 amide bonds. The first-order valence-electron chi connectivity index (χ1n) is 6.59. The first-order chi connectivity index (χ1) is 9.74. The Morgan fingerprint density at radius 1 is 1.50 bits per heavy atom. The molecule has 3 heterocycles. The summed E-state index contributed by atoms with van der Waals surface area (Å²) in [5, 5.41) is 2.94. The van der Waals surface area contributed by atoms with Gasteiger partial charge in [0.25, 0.3) is 5.91 Å². The Hall–Kier alpha value is -1.82. The van der Waals surface area contributed by atoms with Crippen LogP contribution in [0, 0.1) is 0 Å². The minimum atomic E-state index is -0.143. The van der Waals surface area contributed by atoms with E-state index in [0.717, 1.165) is 29.6 Å². The van der Waals surface area contributed by atoms with Crippen molar-refractivity contribution in [2.45, 2.75) is 25.3 Å². The molecule has 1 N–H and O–H groups in total. The van der Waals surface area contributed by atoms with Crippen molar-refractivity contribution in [2.24, 2.45) is 0 Å². The van der Waals surface area contributed by atoms with Gasteiger partial charge in [-0.2, -0.15) is 11.8 Å². The van der Waals surface area contributed by atoms with E-state index in [1.165, 1.54) is 0 Å². The number of carbonyl (C=O) groups is 1. The van der Waals surface area contributed by atoms with E-state index in [4.69, 9.17) is 0 Å². The van der Waals surface area contributed by atoms with Crippen molar-refractivity contribution >= 4 is 17.7 Å². The predicted molar refractivity (Wildman–Crippen MR) is 78.5 cm³/mol. The second-order valence-electron chi connectivity index (χ2n) is 4.74. The molecule has 1 aliphatic rings. The molecule has 1 aliphatic heterocycles. The molecule has 0 spiro atoms. The van der Waals surface area contributed by atoms with Crippen LogP contribution in [0.15, 0.2) is 30.6 Å². The first kappa shape index (κ1) is 13.2. The van der Waals surface area contributed by atoms with Crippen LogP contribution in [0.3, 0.4) is 0 Å². The van der Waals surface area contributed by atoms with Crippen molar-refractivity contribution in [3.05, 3.63) is 47.8 Å². The van der Waals surface area contributed by atoms with Gasteiger partial charge in [-0.1, -0.05) is 6.07 Å². The second-order valence-corrected chi connectivity index (χ2v) is 5.84. The van der Waals surface area contributed by atoms with Crippen LogP contribution in [0.25, 0.3) is 0 Å². The summed E-state index contributed by atoms with van der Waals surface area (Å²) in [6, 6.07) is 5.55. The average molecular weight is 288 g/mol. The lowest BCUT2D eigenvalue weighted by molar-refractivity contribution is 0.0934.